The highest BCUT2D eigenvalue weighted by Crippen LogP contribution is 2.49. The summed E-state index contributed by atoms with van der Waals surface area (Å²) in [6.45, 7) is 2.21. The van der Waals surface area contributed by atoms with Gasteiger partial charge in [0.25, 0.3) is 0 Å². The first kappa shape index (κ1) is 10.5. The summed E-state index contributed by atoms with van der Waals surface area (Å²) in [5.41, 5.74) is 0.801. The first-order valence-corrected chi connectivity index (χ1v) is 6.84. The lowest BCUT2D eigenvalue weighted by Crippen LogP contribution is -2.45. The fraction of sp³-hybridized carbons (Fsp3) is 0.538. The molecule has 0 saturated carbocycles. The third-order valence-electron chi connectivity index (χ3n) is 3.76. The van der Waals surface area contributed by atoms with Crippen molar-refractivity contribution in [2.24, 2.45) is 0 Å². The Hall–Kier alpha value is -0.670. The summed E-state index contributed by atoms with van der Waals surface area (Å²) in [5, 5.41) is 10.7. The molecule has 1 aromatic carbocycles. The van der Waals surface area contributed by atoms with E-state index >= 15 is 0 Å². The summed E-state index contributed by atoms with van der Waals surface area (Å²) in [5.74, 6) is 2.01. The first-order valence-electron chi connectivity index (χ1n) is 5.79. The summed E-state index contributed by atoms with van der Waals surface area (Å²) in [7, 11) is 0. The van der Waals surface area contributed by atoms with Gasteiger partial charge in [0, 0.05) is 17.2 Å². The van der Waals surface area contributed by atoms with E-state index in [9.17, 15) is 5.11 Å². The lowest BCUT2D eigenvalue weighted by molar-refractivity contribution is -0.0103. The Morgan fingerprint density at radius 2 is 2.25 bits per heavy atom. The summed E-state index contributed by atoms with van der Waals surface area (Å²) < 4.78 is 6.18. The number of hydrogen-bond donors (Lipinski definition) is 1. The van der Waals surface area contributed by atoms with Crippen LogP contribution in [0.2, 0.25) is 0 Å². The second-order valence-corrected chi connectivity index (χ2v) is 6.14. The normalized spacial score (nSPS) is 37.1. The van der Waals surface area contributed by atoms with Gasteiger partial charge in [-0.3, -0.25) is 0 Å². The molecule has 3 atom stereocenters. The van der Waals surface area contributed by atoms with Crippen molar-refractivity contribution in [2.75, 3.05) is 5.75 Å². The maximum absolute atomic E-state index is 10.2. The Labute approximate surface area is 100 Å². The van der Waals surface area contributed by atoms with Crippen LogP contribution >= 0.6 is 11.8 Å². The minimum Gasteiger partial charge on any atom is -0.486 e. The highest BCUT2D eigenvalue weighted by Gasteiger charge is 2.47. The standard InChI is InChI=1S/C13H16O2S/c1-9-13(6-7-16-9)8-11(14)10-4-2-3-5-12(10)15-13/h2-5,9,11,14H,6-8H2,1H3/t9?,11-,13?/m0/s1. The van der Waals surface area contributed by atoms with E-state index in [1.165, 1.54) is 0 Å². The molecule has 1 fully saturated rings. The molecule has 2 unspecified atom stereocenters. The minimum atomic E-state index is -0.369. The van der Waals surface area contributed by atoms with Gasteiger partial charge in [0.2, 0.25) is 0 Å². The number of hydrogen-bond acceptors (Lipinski definition) is 3. The van der Waals surface area contributed by atoms with Crippen LogP contribution in [0, 0.1) is 0 Å². The van der Waals surface area contributed by atoms with Crippen molar-refractivity contribution >= 4 is 11.8 Å². The molecule has 1 aromatic rings. The number of rotatable bonds is 0. The highest BCUT2D eigenvalue weighted by atomic mass is 32.2. The zero-order chi connectivity index (χ0) is 11.2. The fourth-order valence-electron chi connectivity index (χ4n) is 2.71. The van der Waals surface area contributed by atoms with Crippen LogP contribution in [0.3, 0.4) is 0 Å². The Balaban J connectivity index is 2.00. The molecule has 2 heterocycles. The molecule has 0 radical (unpaired) electrons. The van der Waals surface area contributed by atoms with Gasteiger partial charge in [-0.1, -0.05) is 18.2 Å². The van der Waals surface area contributed by atoms with Gasteiger partial charge in [0.1, 0.15) is 11.4 Å². The topological polar surface area (TPSA) is 29.5 Å². The Kier molecular flexibility index (Phi) is 2.41. The molecule has 1 N–H and O–H groups in total. The van der Waals surface area contributed by atoms with Crippen LogP contribution in [0.5, 0.6) is 5.75 Å². The monoisotopic (exact) mass is 236 g/mol. The number of ether oxygens (including phenoxy) is 1. The largest absolute Gasteiger partial charge is 0.486 e. The van der Waals surface area contributed by atoms with Crippen molar-refractivity contribution in [3.8, 4) is 5.75 Å². The third-order valence-corrected chi connectivity index (χ3v) is 5.13. The van der Waals surface area contributed by atoms with E-state index in [0.717, 1.165) is 29.9 Å². The number of para-hydroxylation sites is 1. The lowest BCUT2D eigenvalue weighted by atomic mass is 9.85. The smallest absolute Gasteiger partial charge is 0.126 e. The van der Waals surface area contributed by atoms with Crippen molar-refractivity contribution in [2.45, 2.75) is 36.7 Å². The molecule has 0 aromatic heterocycles. The van der Waals surface area contributed by atoms with Crippen LogP contribution in [0.15, 0.2) is 24.3 Å². The van der Waals surface area contributed by atoms with Crippen LogP contribution in [-0.4, -0.2) is 21.7 Å². The highest BCUT2D eigenvalue weighted by molar-refractivity contribution is 8.00. The molecule has 2 aliphatic heterocycles. The van der Waals surface area contributed by atoms with E-state index in [0.29, 0.717) is 5.25 Å². The van der Waals surface area contributed by atoms with Crippen molar-refractivity contribution in [1.29, 1.82) is 0 Å². The molecular formula is C13H16O2S. The summed E-state index contributed by atoms with van der Waals surface area (Å²) in [6.07, 6.45) is 1.41. The van der Waals surface area contributed by atoms with Crippen molar-refractivity contribution < 1.29 is 9.84 Å². The summed E-state index contributed by atoms with van der Waals surface area (Å²) in [4.78, 5) is 0. The van der Waals surface area contributed by atoms with E-state index in [2.05, 4.69) is 6.92 Å². The molecule has 2 aliphatic rings. The maximum Gasteiger partial charge on any atom is 0.126 e. The molecule has 0 amide bonds. The van der Waals surface area contributed by atoms with Crippen LogP contribution in [0.4, 0.5) is 0 Å². The lowest BCUT2D eigenvalue weighted by Gasteiger charge is -2.40. The Morgan fingerprint density at radius 1 is 1.44 bits per heavy atom. The number of benzene rings is 1. The van der Waals surface area contributed by atoms with Gasteiger partial charge in [-0.2, -0.15) is 11.8 Å². The van der Waals surface area contributed by atoms with Crippen molar-refractivity contribution in [3.05, 3.63) is 29.8 Å². The number of fused-ring (bicyclic) bond motifs is 1. The summed E-state index contributed by atoms with van der Waals surface area (Å²) >= 11 is 1.94. The van der Waals surface area contributed by atoms with E-state index < -0.39 is 0 Å². The van der Waals surface area contributed by atoms with E-state index in [1.807, 2.05) is 36.0 Å². The second kappa shape index (κ2) is 3.67. The minimum absolute atomic E-state index is 0.140. The van der Waals surface area contributed by atoms with E-state index in [4.69, 9.17) is 4.74 Å². The molecule has 3 heteroatoms. The molecule has 0 bridgehead atoms. The quantitative estimate of drug-likeness (QED) is 0.751. The van der Waals surface area contributed by atoms with E-state index in [1.54, 1.807) is 0 Å². The van der Waals surface area contributed by atoms with Gasteiger partial charge >= 0.3 is 0 Å². The SMILES string of the molecule is CC1SCCC12C[C@H](O)c1ccccc1O2. The van der Waals surface area contributed by atoms with Crippen LogP contribution in [-0.2, 0) is 0 Å². The number of aliphatic hydroxyl groups excluding tert-OH is 1. The number of thioether (sulfide) groups is 1. The van der Waals surface area contributed by atoms with Gasteiger partial charge in [0.05, 0.1) is 6.10 Å². The predicted molar refractivity (Wildman–Crippen MR) is 65.9 cm³/mol. The maximum atomic E-state index is 10.2. The molecule has 3 rings (SSSR count). The molecule has 1 spiro atoms. The molecular weight excluding hydrogens is 220 g/mol. The molecule has 0 aliphatic carbocycles. The van der Waals surface area contributed by atoms with Gasteiger partial charge in [-0.15, -0.1) is 0 Å². The zero-order valence-corrected chi connectivity index (χ0v) is 10.2. The van der Waals surface area contributed by atoms with Crippen LogP contribution < -0.4 is 4.74 Å². The van der Waals surface area contributed by atoms with Crippen molar-refractivity contribution in [3.63, 3.8) is 0 Å². The van der Waals surface area contributed by atoms with Crippen LogP contribution in [0.1, 0.15) is 31.4 Å². The molecule has 16 heavy (non-hydrogen) atoms. The Morgan fingerprint density at radius 3 is 3.00 bits per heavy atom. The third kappa shape index (κ3) is 1.45. The second-order valence-electron chi connectivity index (χ2n) is 4.69. The van der Waals surface area contributed by atoms with Gasteiger partial charge in [-0.05, 0) is 25.2 Å². The average Bonchev–Trinajstić information content (AvgIpc) is 2.60. The summed E-state index contributed by atoms with van der Waals surface area (Å²) in [6, 6.07) is 7.85. The van der Waals surface area contributed by atoms with Crippen LogP contribution in [0.25, 0.3) is 0 Å². The average molecular weight is 236 g/mol. The molecule has 2 nitrogen and oxygen atoms in total. The van der Waals surface area contributed by atoms with Gasteiger partial charge in [-0.25, -0.2) is 0 Å². The molecule has 1 saturated heterocycles. The Bertz CT molecular complexity index is 407. The molecule has 86 valence electrons. The predicted octanol–water partition coefficient (Wildman–Crippen LogP) is 2.77. The van der Waals surface area contributed by atoms with Gasteiger partial charge in [0.15, 0.2) is 0 Å². The number of aliphatic hydroxyl groups is 1. The van der Waals surface area contributed by atoms with Crippen molar-refractivity contribution in [1.82, 2.24) is 0 Å². The zero-order valence-electron chi connectivity index (χ0n) is 9.35. The van der Waals surface area contributed by atoms with E-state index in [-0.39, 0.29) is 11.7 Å². The van der Waals surface area contributed by atoms with Gasteiger partial charge < -0.3 is 9.84 Å². The first-order chi connectivity index (χ1) is 7.71. The fourth-order valence-corrected chi connectivity index (χ4v) is 4.10.